The van der Waals surface area contributed by atoms with Gasteiger partial charge in [-0.05, 0) is 44.5 Å². The van der Waals surface area contributed by atoms with Crippen LogP contribution in [-0.4, -0.2) is 44.7 Å². The van der Waals surface area contributed by atoms with Gasteiger partial charge in [-0.15, -0.1) is 24.0 Å². The number of likely N-dealkylation sites (tertiary alicyclic amines) is 1. The normalized spacial score (nSPS) is 19.7. The number of halogens is 1. The summed E-state index contributed by atoms with van der Waals surface area (Å²) in [5, 5.41) is 3.10. The summed E-state index contributed by atoms with van der Waals surface area (Å²) in [5.74, 6) is 1.82. The second kappa shape index (κ2) is 9.09. The first-order chi connectivity index (χ1) is 9.69. The Kier molecular flexibility index (Phi) is 7.81. The number of rotatable bonds is 4. The summed E-state index contributed by atoms with van der Waals surface area (Å²) in [7, 11) is 3.80. The number of guanidine groups is 1. The molecule has 0 aliphatic carbocycles. The van der Waals surface area contributed by atoms with Crippen molar-refractivity contribution in [3.63, 3.8) is 0 Å². The minimum absolute atomic E-state index is 0. The Labute approximate surface area is 144 Å². The van der Waals surface area contributed by atoms with Crippen molar-refractivity contribution in [2.45, 2.75) is 12.8 Å². The van der Waals surface area contributed by atoms with Gasteiger partial charge < -0.3 is 20.7 Å². The average molecular weight is 404 g/mol. The van der Waals surface area contributed by atoms with Crippen LogP contribution in [0.3, 0.4) is 0 Å². The number of benzene rings is 1. The Bertz CT molecular complexity index is 467. The van der Waals surface area contributed by atoms with E-state index in [1.54, 1.807) is 7.11 Å². The van der Waals surface area contributed by atoms with Gasteiger partial charge in [-0.1, -0.05) is 12.1 Å². The molecule has 1 aromatic carbocycles. The Morgan fingerprint density at radius 2 is 2.24 bits per heavy atom. The van der Waals surface area contributed by atoms with Gasteiger partial charge >= 0.3 is 0 Å². The van der Waals surface area contributed by atoms with Crippen LogP contribution in [0.25, 0.3) is 0 Å². The first-order valence-corrected chi connectivity index (χ1v) is 7.07. The largest absolute Gasteiger partial charge is 0.495 e. The highest BCUT2D eigenvalue weighted by Crippen LogP contribution is 2.22. The number of nitrogens with one attached hydrogen (secondary N) is 1. The summed E-state index contributed by atoms with van der Waals surface area (Å²) in [5.41, 5.74) is 6.80. The number of methoxy groups -OCH3 is 1. The van der Waals surface area contributed by atoms with Crippen LogP contribution in [0.15, 0.2) is 29.3 Å². The highest BCUT2D eigenvalue weighted by Gasteiger charge is 2.16. The molecule has 5 nitrogen and oxygen atoms in total. The SMILES string of the molecule is COc1ccccc1NC(N)=NCC1CCCN(C)C1.I. The number of hydrogen-bond donors (Lipinski definition) is 2. The average Bonchev–Trinajstić information content (AvgIpc) is 2.46. The van der Waals surface area contributed by atoms with Gasteiger partial charge in [0, 0.05) is 13.1 Å². The third-order valence-corrected chi connectivity index (χ3v) is 3.61. The summed E-state index contributed by atoms with van der Waals surface area (Å²) in [6.07, 6.45) is 2.48. The van der Waals surface area contributed by atoms with Crippen molar-refractivity contribution >= 4 is 35.6 Å². The number of aliphatic imine (C=N–C) groups is 1. The fourth-order valence-electron chi connectivity index (χ4n) is 2.58. The second-order valence-corrected chi connectivity index (χ2v) is 5.32. The molecule has 0 bridgehead atoms. The number of ether oxygens (including phenoxy) is 1. The third-order valence-electron chi connectivity index (χ3n) is 3.61. The summed E-state index contributed by atoms with van der Waals surface area (Å²) in [4.78, 5) is 6.81. The zero-order chi connectivity index (χ0) is 14.4. The Morgan fingerprint density at radius 1 is 1.48 bits per heavy atom. The molecule has 0 aromatic heterocycles. The monoisotopic (exact) mass is 404 g/mol. The molecule has 1 aliphatic heterocycles. The van der Waals surface area contributed by atoms with Crippen LogP contribution >= 0.6 is 24.0 Å². The molecule has 1 aliphatic rings. The zero-order valence-electron chi connectivity index (χ0n) is 12.7. The molecule has 6 heteroatoms. The van der Waals surface area contributed by atoms with E-state index < -0.39 is 0 Å². The molecule has 1 saturated heterocycles. The van der Waals surface area contributed by atoms with E-state index in [9.17, 15) is 0 Å². The molecule has 1 fully saturated rings. The summed E-state index contributed by atoms with van der Waals surface area (Å²) >= 11 is 0. The summed E-state index contributed by atoms with van der Waals surface area (Å²) in [6.45, 7) is 3.07. The fraction of sp³-hybridized carbons (Fsp3) is 0.533. The van der Waals surface area contributed by atoms with Gasteiger partial charge in [0.1, 0.15) is 5.75 Å². The number of hydrogen-bond acceptors (Lipinski definition) is 3. The van der Waals surface area contributed by atoms with E-state index in [-0.39, 0.29) is 24.0 Å². The quantitative estimate of drug-likeness (QED) is 0.460. The molecule has 3 N–H and O–H groups in total. The Balaban J connectivity index is 0.00000220. The van der Waals surface area contributed by atoms with Gasteiger partial charge in [0.05, 0.1) is 12.8 Å². The van der Waals surface area contributed by atoms with Crippen LogP contribution < -0.4 is 15.8 Å². The lowest BCUT2D eigenvalue weighted by atomic mass is 9.99. The Morgan fingerprint density at radius 3 is 2.95 bits per heavy atom. The van der Waals surface area contributed by atoms with Gasteiger partial charge in [0.15, 0.2) is 5.96 Å². The van der Waals surface area contributed by atoms with Gasteiger partial charge in [-0.2, -0.15) is 0 Å². The van der Waals surface area contributed by atoms with Crippen LogP contribution in [0.4, 0.5) is 5.69 Å². The van der Waals surface area contributed by atoms with E-state index >= 15 is 0 Å². The lowest BCUT2D eigenvalue weighted by Gasteiger charge is -2.28. The van der Waals surface area contributed by atoms with Crippen molar-refractivity contribution < 1.29 is 4.74 Å². The van der Waals surface area contributed by atoms with Crippen LogP contribution in [-0.2, 0) is 0 Å². The standard InChI is InChI=1S/C15H24N4O.HI/c1-19-9-5-6-12(11-19)10-17-15(16)18-13-7-3-4-8-14(13)20-2;/h3-4,7-8,12H,5-6,9-11H2,1-2H3,(H3,16,17,18);1H. The number of nitrogens with two attached hydrogens (primary N) is 1. The first kappa shape index (κ1) is 18.0. The molecule has 0 spiro atoms. The van der Waals surface area contributed by atoms with Gasteiger partial charge in [-0.25, -0.2) is 0 Å². The molecule has 0 radical (unpaired) electrons. The molecule has 1 unspecified atom stereocenters. The maximum Gasteiger partial charge on any atom is 0.193 e. The maximum absolute atomic E-state index is 5.95. The topological polar surface area (TPSA) is 62.9 Å². The number of anilines is 1. The van der Waals surface area contributed by atoms with Crippen LogP contribution in [0, 0.1) is 5.92 Å². The molecule has 0 saturated carbocycles. The second-order valence-electron chi connectivity index (χ2n) is 5.32. The molecule has 0 amide bonds. The van der Waals surface area contributed by atoms with Crippen LogP contribution in [0.5, 0.6) is 5.75 Å². The van der Waals surface area contributed by atoms with Crippen molar-refractivity contribution in [2.75, 3.05) is 39.1 Å². The van der Waals surface area contributed by atoms with E-state index in [2.05, 4.69) is 22.3 Å². The summed E-state index contributed by atoms with van der Waals surface area (Å²) < 4.78 is 5.28. The Hall–Kier alpha value is -1.02. The van der Waals surface area contributed by atoms with Crippen molar-refractivity contribution in [3.05, 3.63) is 24.3 Å². The van der Waals surface area contributed by atoms with Gasteiger partial charge in [0.25, 0.3) is 0 Å². The van der Waals surface area contributed by atoms with Gasteiger partial charge in [0.2, 0.25) is 0 Å². The lowest BCUT2D eigenvalue weighted by molar-refractivity contribution is 0.214. The predicted molar refractivity (Wildman–Crippen MR) is 98.7 cm³/mol. The van der Waals surface area contributed by atoms with Crippen LogP contribution in [0.1, 0.15) is 12.8 Å². The number of para-hydroxylation sites is 2. The van der Waals surface area contributed by atoms with Crippen molar-refractivity contribution in [1.29, 1.82) is 0 Å². The number of nitrogens with zero attached hydrogens (tertiary/aromatic N) is 2. The zero-order valence-corrected chi connectivity index (χ0v) is 15.0. The molecular weight excluding hydrogens is 379 g/mol. The molecule has 1 atom stereocenters. The van der Waals surface area contributed by atoms with Crippen LogP contribution in [0.2, 0.25) is 0 Å². The van der Waals surface area contributed by atoms with Gasteiger partial charge in [-0.3, -0.25) is 4.99 Å². The third kappa shape index (κ3) is 5.70. The molecule has 1 heterocycles. The number of piperidine rings is 1. The minimum atomic E-state index is 0. The molecule has 118 valence electrons. The van der Waals surface area contributed by atoms with Crippen molar-refractivity contribution in [3.8, 4) is 5.75 Å². The van der Waals surface area contributed by atoms with Crippen molar-refractivity contribution in [2.24, 2.45) is 16.6 Å². The van der Waals surface area contributed by atoms with E-state index in [1.807, 2.05) is 24.3 Å². The fourth-order valence-corrected chi connectivity index (χ4v) is 2.58. The minimum Gasteiger partial charge on any atom is -0.495 e. The molecular formula is C15H25IN4O. The molecule has 2 rings (SSSR count). The first-order valence-electron chi connectivity index (χ1n) is 7.07. The predicted octanol–water partition coefficient (Wildman–Crippen LogP) is 2.38. The van der Waals surface area contributed by atoms with E-state index in [0.717, 1.165) is 24.5 Å². The lowest BCUT2D eigenvalue weighted by Crippen LogP contribution is -2.34. The highest BCUT2D eigenvalue weighted by atomic mass is 127. The smallest absolute Gasteiger partial charge is 0.193 e. The van der Waals surface area contributed by atoms with E-state index in [4.69, 9.17) is 10.5 Å². The maximum atomic E-state index is 5.95. The van der Waals surface area contributed by atoms with E-state index in [1.165, 1.54) is 19.4 Å². The summed E-state index contributed by atoms with van der Waals surface area (Å²) in [6, 6.07) is 7.69. The molecule has 1 aromatic rings. The molecule has 21 heavy (non-hydrogen) atoms. The van der Waals surface area contributed by atoms with Crippen molar-refractivity contribution in [1.82, 2.24) is 4.90 Å². The van der Waals surface area contributed by atoms with E-state index in [0.29, 0.717) is 11.9 Å². The highest BCUT2D eigenvalue weighted by molar-refractivity contribution is 14.0.